The molecule has 0 aliphatic carbocycles. The molecular weight excluding hydrogens is 405 g/mol. The second-order valence-electron chi connectivity index (χ2n) is 8.05. The summed E-state index contributed by atoms with van der Waals surface area (Å²) in [6.07, 6.45) is 0.822. The van der Waals surface area contributed by atoms with Gasteiger partial charge in [-0.3, -0.25) is 9.69 Å². The lowest BCUT2D eigenvalue weighted by molar-refractivity contribution is 0.102. The molecule has 1 N–H and O–H groups in total. The Morgan fingerprint density at radius 3 is 2.44 bits per heavy atom. The van der Waals surface area contributed by atoms with Gasteiger partial charge in [0.25, 0.3) is 5.91 Å². The quantitative estimate of drug-likeness (QED) is 0.557. The molecule has 4 rings (SSSR count). The van der Waals surface area contributed by atoms with Gasteiger partial charge in [0.1, 0.15) is 5.82 Å². The van der Waals surface area contributed by atoms with E-state index in [0.29, 0.717) is 30.0 Å². The van der Waals surface area contributed by atoms with E-state index in [1.54, 1.807) is 4.90 Å². The van der Waals surface area contributed by atoms with E-state index in [1.165, 1.54) is 24.3 Å². The maximum Gasteiger partial charge on any atom is 0.325 e. The van der Waals surface area contributed by atoms with Gasteiger partial charge < -0.3 is 10.2 Å². The molecule has 0 spiro atoms. The Kier molecular flexibility index (Phi) is 6.21. The van der Waals surface area contributed by atoms with Crippen LogP contribution in [0.4, 0.5) is 20.6 Å². The molecule has 1 fully saturated rings. The molecule has 3 aromatic carbocycles. The molecule has 1 unspecified atom stereocenters. The van der Waals surface area contributed by atoms with Crippen LogP contribution in [0.3, 0.4) is 0 Å². The number of carbonyl (C=O) groups excluding carboxylic acids is 2. The van der Waals surface area contributed by atoms with Crippen molar-refractivity contribution in [3.63, 3.8) is 0 Å². The topological polar surface area (TPSA) is 52.6 Å². The van der Waals surface area contributed by atoms with Crippen molar-refractivity contribution in [3.05, 3.63) is 95.3 Å². The second kappa shape index (κ2) is 9.22. The summed E-state index contributed by atoms with van der Waals surface area (Å²) in [4.78, 5) is 29.8. The molecule has 3 amide bonds. The van der Waals surface area contributed by atoms with Crippen molar-refractivity contribution in [3.8, 4) is 0 Å². The van der Waals surface area contributed by atoms with Gasteiger partial charge in [0.05, 0.1) is 17.4 Å². The van der Waals surface area contributed by atoms with Gasteiger partial charge in [-0.2, -0.15) is 0 Å². The van der Waals surface area contributed by atoms with E-state index in [2.05, 4.69) is 5.32 Å². The molecule has 1 atom stereocenters. The molecule has 0 bridgehead atoms. The highest BCUT2D eigenvalue weighted by Crippen LogP contribution is 2.33. The van der Waals surface area contributed by atoms with Crippen LogP contribution >= 0.6 is 0 Å². The number of anilines is 2. The first-order chi connectivity index (χ1) is 15.4. The van der Waals surface area contributed by atoms with Gasteiger partial charge in [-0.15, -0.1) is 0 Å². The summed E-state index contributed by atoms with van der Waals surface area (Å²) in [6, 6.07) is 20.8. The molecule has 6 heteroatoms. The molecule has 1 aliphatic heterocycles. The first-order valence-corrected chi connectivity index (χ1v) is 10.7. The maximum absolute atomic E-state index is 13.5. The van der Waals surface area contributed by atoms with Crippen molar-refractivity contribution in [1.82, 2.24) is 4.90 Å². The molecule has 1 heterocycles. The van der Waals surface area contributed by atoms with E-state index in [0.717, 1.165) is 17.5 Å². The summed E-state index contributed by atoms with van der Waals surface area (Å²) in [5.74, 6) is -0.750. The molecule has 1 saturated heterocycles. The van der Waals surface area contributed by atoms with Gasteiger partial charge in [-0.1, -0.05) is 36.4 Å². The summed E-state index contributed by atoms with van der Waals surface area (Å²) in [7, 11) is 0. The number of nitrogens with zero attached hydrogens (tertiary/aromatic N) is 2. The largest absolute Gasteiger partial charge is 0.325 e. The van der Waals surface area contributed by atoms with Crippen LogP contribution in [0.2, 0.25) is 0 Å². The maximum atomic E-state index is 13.5. The molecule has 0 aromatic heterocycles. The van der Waals surface area contributed by atoms with Crippen LogP contribution in [0.5, 0.6) is 0 Å². The minimum absolute atomic E-state index is 0.0609. The zero-order valence-electron chi connectivity index (χ0n) is 18.2. The number of urea groups is 1. The minimum atomic E-state index is -0.399. The van der Waals surface area contributed by atoms with Gasteiger partial charge in [0.15, 0.2) is 0 Å². The number of aryl methyl sites for hydroxylation is 1. The van der Waals surface area contributed by atoms with Crippen molar-refractivity contribution in [2.45, 2.75) is 26.3 Å². The van der Waals surface area contributed by atoms with Crippen LogP contribution in [0.1, 0.15) is 40.9 Å². The number of halogens is 1. The van der Waals surface area contributed by atoms with Crippen molar-refractivity contribution in [2.24, 2.45) is 0 Å². The number of carbonyl (C=O) groups is 2. The Hall–Kier alpha value is -3.67. The lowest BCUT2D eigenvalue weighted by atomic mass is 10.1. The highest BCUT2D eigenvalue weighted by Gasteiger charge is 2.32. The van der Waals surface area contributed by atoms with Gasteiger partial charge in [0.2, 0.25) is 0 Å². The molecule has 3 aromatic rings. The highest BCUT2D eigenvalue weighted by molar-refractivity contribution is 6.07. The van der Waals surface area contributed by atoms with E-state index < -0.39 is 5.82 Å². The van der Waals surface area contributed by atoms with Crippen molar-refractivity contribution < 1.29 is 14.0 Å². The second-order valence-corrected chi connectivity index (χ2v) is 8.05. The van der Waals surface area contributed by atoms with Crippen LogP contribution in [-0.4, -0.2) is 29.9 Å². The zero-order valence-corrected chi connectivity index (χ0v) is 18.2. The van der Waals surface area contributed by atoms with Gasteiger partial charge >= 0.3 is 6.03 Å². The molecule has 0 radical (unpaired) electrons. The lowest BCUT2D eigenvalue weighted by Crippen LogP contribution is -2.50. The fourth-order valence-corrected chi connectivity index (χ4v) is 4.02. The normalized spacial score (nSPS) is 14.9. The third kappa shape index (κ3) is 4.49. The fourth-order valence-electron chi connectivity index (χ4n) is 4.02. The summed E-state index contributed by atoms with van der Waals surface area (Å²) in [6.45, 7) is 5.20. The fraction of sp³-hybridized carbons (Fsp3) is 0.231. The third-order valence-corrected chi connectivity index (χ3v) is 5.80. The lowest BCUT2D eigenvalue weighted by Gasteiger charge is -2.39. The van der Waals surface area contributed by atoms with Gasteiger partial charge in [-0.25, -0.2) is 9.18 Å². The van der Waals surface area contributed by atoms with Crippen molar-refractivity contribution in [2.75, 3.05) is 23.3 Å². The minimum Gasteiger partial charge on any atom is -0.320 e. The van der Waals surface area contributed by atoms with Crippen molar-refractivity contribution >= 4 is 23.3 Å². The van der Waals surface area contributed by atoms with E-state index in [4.69, 9.17) is 0 Å². The first kappa shape index (κ1) is 21.6. The van der Waals surface area contributed by atoms with E-state index in [9.17, 15) is 14.0 Å². The summed E-state index contributed by atoms with van der Waals surface area (Å²) in [5, 5.41) is 2.91. The summed E-state index contributed by atoms with van der Waals surface area (Å²) >= 11 is 0. The molecule has 0 saturated carbocycles. The van der Waals surface area contributed by atoms with E-state index >= 15 is 0 Å². The van der Waals surface area contributed by atoms with Crippen molar-refractivity contribution in [1.29, 1.82) is 0 Å². The molecule has 32 heavy (non-hydrogen) atoms. The van der Waals surface area contributed by atoms with Crippen LogP contribution < -0.4 is 10.2 Å². The number of rotatable bonds is 5. The molecule has 1 aliphatic rings. The Balaban J connectivity index is 1.60. The van der Waals surface area contributed by atoms with Gasteiger partial charge in [-0.05, 0) is 67.8 Å². The predicted molar refractivity (Wildman–Crippen MR) is 124 cm³/mol. The summed E-state index contributed by atoms with van der Waals surface area (Å²) in [5.41, 5.74) is 3.60. The Morgan fingerprint density at radius 2 is 1.72 bits per heavy atom. The van der Waals surface area contributed by atoms with Crippen LogP contribution in [0.15, 0.2) is 72.8 Å². The van der Waals surface area contributed by atoms with E-state index in [-0.39, 0.29) is 18.0 Å². The Morgan fingerprint density at radius 1 is 1.00 bits per heavy atom. The zero-order chi connectivity index (χ0) is 22.7. The van der Waals surface area contributed by atoms with Crippen LogP contribution in [0.25, 0.3) is 0 Å². The molecular formula is C26H26FN3O2. The van der Waals surface area contributed by atoms with Gasteiger partial charge in [0, 0.05) is 18.7 Å². The predicted octanol–water partition coefficient (Wildman–Crippen LogP) is 5.78. The Labute approximate surface area is 187 Å². The SMILES string of the molecule is Cc1ccc(N2CCCN(C(C)c3ccccc3)C2=O)c(NC(=O)c2ccc(F)cc2)c1. The molecule has 164 valence electrons. The smallest absolute Gasteiger partial charge is 0.320 e. The van der Waals surface area contributed by atoms with Crippen LogP contribution in [-0.2, 0) is 0 Å². The van der Waals surface area contributed by atoms with Crippen LogP contribution in [0, 0.1) is 12.7 Å². The number of amides is 3. The number of benzene rings is 3. The monoisotopic (exact) mass is 431 g/mol. The standard InChI is InChI=1S/C26H26FN3O2/c1-18-9-14-24(23(17-18)28-25(31)21-10-12-22(27)13-11-21)30-16-6-15-29(26(30)32)19(2)20-7-4-3-5-8-20/h3-5,7-14,17,19H,6,15-16H2,1-2H3,(H,28,31). The molecule has 5 nitrogen and oxygen atoms in total. The first-order valence-electron chi connectivity index (χ1n) is 10.7. The number of hydrogen-bond donors (Lipinski definition) is 1. The number of hydrogen-bond acceptors (Lipinski definition) is 2. The van der Waals surface area contributed by atoms with E-state index in [1.807, 2.05) is 67.3 Å². The average Bonchev–Trinajstić information content (AvgIpc) is 2.80. The third-order valence-electron chi connectivity index (χ3n) is 5.80. The Bertz CT molecular complexity index is 1120. The number of nitrogens with one attached hydrogen (secondary N) is 1. The highest BCUT2D eigenvalue weighted by atomic mass is 19.1. The average molecular weight is 432 g/mol. The summed E-state index contributed by atoms with van der Waals surface area (Å²) < 4.78 is 13.2.